The van der Waals surface area contributed by atoms with Crippen LogP contribution in [-0.4, -0.2) is 35.2 Å². The lowest BCUT2D eigenvalue weighted by Gasteiger charge is -2.36. The molecule has 1 saturated heterocycles. The van der Waals surface area contributed by atoms with Gasteiger partial charge in [0.1, 0.15) is 0 Å². The maximum atomic E-state index is 9.06. The van der Waals surface area contributed by atoms with E-state index in [0.717, 1.165) is 23.9 Å². The lowest BCUT2D eigenvalue weighted by Crippen LogP contribution is -2.42. The number of hydrogen-bond donors (Lipinski definition) is 2. The van der Waals surface area contributed by atoms with Gasteiger partial charge in [-0.25, -0.2) is 0 Å². The molecule has 3 N–H and O–H groups in total. The van der Waals surface area contributed by atoms with E-state index in [1.54, 1.807) is 0 Å². The zero-order valence-electron chi connectivity index (χ0n) is 12.1. The van der Waals surface area contributed by atoms with Gasteiger partial charge in [0.25, 0.3) is 0 Å². The van der Waals surface area contributed by atoms with Crippen LogP contribution in [0.1, 0.15) is 44.2 Å². The van der Waals surface area contributed by atoms with Crippen LogP contribution in [0.25, 0.3) is 0 Å². The molecule has 0 bridgehead atoms. The van der Waals surface area contributed by atoms with Crippen molar-refractivity contribution in [1.29, 1.82) is 0 Å². The van der Waals surface area contributed by atoms with Gasteiger partial charge < -0.3 is 10.8 Å². The first-order chi connectivity index (χ1) is 9.63. The molecule has 0 aromatic heterocycles. The van der Waals surface area contributed by atoms with Gasteiger partial charge in [0.15, 0.2) is 0 Å². The molecule has 20 heavy (non-hydrogen) atoms. The maximum Gasteiger partial charge on any atom is 0.0499 e. The van der Waals surface area contributed by atoms with Crippen molar-refractivity contribution in [2.45, 2.75) is 50.7 Å². The minimum Gasteiger partial charge on any atom is -0.396 e. The third-order valence-corrected chi connectivity index (χ3v) is 4.71. The number of aliphatic hydroxyl groups excluding tert-OH is 1. The molecule has 1 aromatic rings. The van der Waals surface area contributed by atoms with Gasteiger partial charge in [-0.2, -0.15) is 0 Å². The molecule has 0 spiro atoms. The number of nitrogens with two attached hydrogens (primary N) is 1. The van der Waals surface area contributed by atoms with Crippen LogP contribution in [0.4, 0.5) is 0 Å². The van der Waals surface area contributed by atoms with E-state index in [1.807, 2.05) is 0 Å². The highest BCUT2D eigenvalue weighted by Gasteiger charge is 2.33. The van der Waals surface area contributed by atoms with Crippen molar-refractivity contribution in [3.63, 3.8) is 0 Å². The molecule has 0 saturated carbocycles. The highest BCUT2D eigenvalue weighted by Crippen LogP contribution is 2.33. The largest absolute Gasteiger partial charge is 0.396 e. The predicted molar refractivity (Wildman–Crippen MR) is 86.6 cm³/mol. The number of likely N-dealkylation sites (tertiary alicyclic amines) is 1. The molecule has 1 aliphatic rings. The molecule has 1 fully saturated rings. The Bertz CT molecular complexity index is 407. The summed E-state index contributed by atoms with van der Waals surface area (Å²) in [6.07, 6.45) is 4.40. The number of hydrogen-bond acceptors (Lipinski definition) is 3. The zero-order chi connectivity index (χ0) is 14.5. The van der Waals surface area contributed by atoms with Gasteiger partial charge in [-0.1, -0.05) is 28.1 Å². The van der Waals surface area contributed by atoms with E-state index in [1.165, 1.54) is 18.4 Å². The minimum atomic E-state index is 0.103. The van der Waals surface area contributed by atoms with E-state index < -0.39 is 0 Å². The van der Waals surface area contributed by atoms with Crippen molar-refractivity contribution < 1.29 is 5.11 Å². The van der Waals surface area contributed by atoms with Crippen LogP contribution in [0.3, 0.4) is 0 Å². The van der Waals surface area contributed by atoms with E-state index in [9.17, 15) is 0 Å². The first-order valence-corrected chi connectivity index (χ1v) is 8.30. The van der Waals surface area contributed by atoms with Gasteiger partial charge in [-0.3, -0.25) is 4.90 Å². The SMILES string of the molecule is CC(N)C(c1ccc(Br)cc1)N1CCCC1CCCO. The third-order valence-electron chi connectivity index (χ3n) is 4.18. The van der Waals surface area contributed by atoms with Crippen molar-refractivity contribution in [3.8, 4) is 0 Å². The second kappa shape index (κ2) is 7.55. The Kier molecular flexibility index (Phi) is 6.02. The number of halogens is 1. The summed E-state index contributed by atoms with van der Waals surface area (Å²) in [6, 6.07) is 9.44. The fourth-order valence-electron chi connectivity index (χ4n) is 3.32. The van der Waals surface area contributed by atoms with Gasteiger partial charge in [0, 0.05) is 29.2 Å². The van der Waals surface area contributed by atoms with Crippen molar-refractivity contribution >= 4 is 15.9 Å². The Labute approximate surface area is 130 Å². The number of benzene rings is 1. The average molecular weight is 341 g/mol. The second-order valence-electron chi connectivity index (χ2n) is 5.76. The van der Waals surface area contributed by atoms with Crippen LogP contribution in [-0.2, 0) is 0 Å². The number of rotatable bonds is 6. The van der Waals surface area contributed by atoms with Crippen LogP contribution in [0.2, 0.25) is 0 Å². The normalized spacial score (nSPS) is 22.9. The van der Waals surface area contributed by atoms with E-state index >= 15 is 0 Å². The molecule has 0 amide bonds. The Morgan fingerprint density at radius 1 is 1.40 bits per heavy atom. The summed E-state index contributed by atoms with van der Waals surface area (Å²) in [6.45, 7) is 3.48. The van der Waals surface area contributed by atoms with Crippen molar-refractivity contribution in [1.82, 2.24) is 4.90 Å². The number of aliphatic hydroxyl groups is 1. The van der Waals surface area contributed by atoms with Crippen molar-refractivity contribution in [2.24, 2.45) is 5.73 Å². The standard InChI is InChI=1S/C16H25BrN2O/c1-12(18)16(13-6-8-14(17)9-7-13)19-10-2-4-15(19)5-3-11-20/h6-9,12,15-16,20H,2-5,10-11,18H2,1H3. The van der Waals surface area contributed by atoms with Gasteiger partial charge in [-0.05, 0) is 56.8 Å². The third kappa shape index (κ3) is 3.82. The van der Waals surface area contributed by atoms with Gasteiger partial charge in [0.05, 0.1) is 0 Å². The first kappa shape index (κ1) is 16.0. The molecule has 0 radical (unpaired) electrons. The fourth-order valence-corrected chi connectivity index (χ4v) is 3.58. The summed E-state index contributed by atoms with van der Waals surface area (Å²) >= 11 is 3.49. The average Bonchev–Trinajstić information content (AvgIpc) is 2.86. The molecule has 1 heterocycles. The lowest BCUT2D eigenvalue weighted by molar-refractivity contribution is 0.145. The van der Waals surface area contributed by atoms with Crippen LogP contribution >= 0.6 is 15.9 Å². The highest BCUT2D eigenvalue weighted by molar-refractivity contribution is 9.10. The predicted octanol–water partition coefficient (Wildman–Crippen LogP) is 3.07. The topological polar surface area (TPSA) is 49.5 Å². The Balaban J connectivity index is 2.17. The summed E-state index contributed by atoms with van der Waals surface area (Å²) in [7, 11) is 0. The molecule has 4 heteroatoms. The molecule has 1 aliphatic heterocycles. The molecule has 112 valence electrons. The molecular formula is C16H25BrN2O. The molecule has 3 atom stereocenters. The lowest BCUT2D eigenvalue weighted by atomic mass is 9.97. The van der Waals surface area contributed by atoms with Gasteiger partial charge in [-0.15, -0.1) is 0 Å². The van der Waals surface area contributed by atoms with Crippen LogP contribution < -0.4 is 5.73 Å². The zero-order valence-corrected chi connectivity index (χ0v) is 13.7. The Morgan fingerprint density at radius 3 is 2.70 bits per heavy atom. The summed E-state index contributed by atoms with van der Waals surface area (Å²) in [5.41, 5.74) is 7.57. The van der Waals surface area contributed by atoms with Crippen molar-refractivity contribution in [3.05, 3.63) is 34.3 Å². The van der Waals surface area contributed by atoms with E-state index in [0.29, 0.717) is 6.04 Å². The minimum absolute atomic E-state index is 0.103. The molecule has 0 aliphatic carbocycles. The monoisotopic (exact) mass is 340 g/mol. The summed E-state index contributed by atoms with van der Waals surface area (Å²) in [4.78, 5) is 2.55. The van der Waals surface area contributed by atoms with E-state index in [4.69, 9.17) is 10.8 Å². The quantitative estimate of drug-likeness (QED) is 0.836. The maximum absolute atomic E-state index is 9.06. The van der Waals surface area contributed by atoms with Gasteiger partial charge in [0.2, 0.25) is 0 Å². The van der Waals surface area contributed by atoms with Crippen LogP contribution in [0.5, 0.6) is 0 Å². The Hall–Kier alpha value is -0.420. The summed E-state index contributed by atoms with van der Waals surface area (Å²) in [5.74, 6) is 0. The van der Waals surface area contributed by atoms with Gasteiger partial charge >= 0.3 is 0 Å². The molecule has 2 rings (SSSR count). The molecule has 3 unspecified atom stereocenters. The smallest absolute Gasteiger partial charge is 0.0499 e. The summed E-state index contributed by atoms with van der Waals surface area (Å²) < 4.78 is 1.10. The fraction of sp³-hybridized carbons (Fsp3) is 0.625. The first-order valence-electron chi connectivity index (χ1n) is 7.51. The van der Waals surface area contributed by atoms with Crippen LogP contribution in [0.15, 0.2) is 28.7 Å². The number of nitrogens with zero attached hydrogens (tertiary/aromatic N) is 1. The molecular weight excluding hydrogens is 316 g/mol. The summed E-state index contributed by atoms with van der Waals surface area (Å²) in [5, 5.41) is 9.06. The second-order valence-corrected chi connectivity index (χ2v) is 6.67. The molecule has 1 aromatic carbocycles. The van der Waals surface area contributed by atoms with Crippen molar-refractivity contribution in [2.75, 3.05) is 13.2 Å². The highest BCUT2D eigenvalue weighted by atomic mass is 79.9. The van der Waals surface area contributed by atoms with Crippen LogP contribution in [0, 0.1) is 0 Å². The van der Waals surface area contributed by atoms with E-state index in [2.05, 4.69) is 52.0 Å². The molecule has 3 nitrogen and oxygen atoms in total. The Morgan fingerprint density at radius 2 is 2.10 bits per heavy atom. The van der Waals surface area contributed by atoms with E-state index in [-0.39, 0.29) is 18.7 Å².